The predicted molar refractivity (Wildman–Crippen MR) is 107 cm³/mol. The number of nitrogens with zero attached hydrogens (tertiary/aromatic N) is 2. The molecular formula is C18H15Cl2N3O4S. The van der Waals surface area contributed by atoms with Crippen LogP contribution in [0.25, 0.3) is 6.08 Å². The van der Waals surface area contributed by atoms with Crippen molar-refractivity contribution in [2.45, 2.75) is 13.8 Å². The van der Waals surface area contributed by atoms with Gasteiger partial charge in [-0.15, -0.1) is 0 Å². The molecular weight excluding hydrogens is 425 g/mol. The molecule has 1 aromatic carbocycles. The zero-order chi connectivity index (χ0) is 20.4. The molecule has 1 N–H and O–H groups in total. The Morgan fingerprint density at radius 2 is 2.07 bits per heavy atom. The van der Waals surface area contributed by atoms with Gasteiger partial charge in [-0.3, -0.25) is 19.3 Å². The van der Waals surface area contributed by atoms with Gasteiger partial charge in [0.1, 0.15) is 11.3 Å². The molecule has 0 bridgehead atoms. The van der Waals surface area contributed by atoms with E-state index in [9.17, 15) is 14.4 Å². The highest BCUT2D eigenvalue weighted by molar-refractivity contribution is 8.18. The standard InChI is InChI=1S/C18H15Cl2N3O4S/c1-9-15(10(2)27-22-9)16(24)21-5-6-23-17(25)14(28-18(23)26)7-11-3-4-12(19)8-13(11)20/h3-4,7-8H,5-6H2,1-2H3,(H,21,24)/b14-7-. The number of hydrogen-bond acceptors (Lipinski definition) is 6. The van der Waals surface area contributed by atoms with Crippen LogP contribution < -0.4 is 5.32 Å². The van der Waals surface area contributed by atoms with E-state index in [2.05, 4.69) is 10.5 Å². The average molecular weight is 440 g/mol. The molecule has 1 aromatic heterocycles. The Kier molecular flexibility index (Phi) is 6.12. The fourth-order valence-corrected chi connectivity index (χ4v) is 3.95. The minimum atomic E-state index is -0.437. The highest BCUT2D eigenvalue weighted by atomic mass is 35.5. The lowest BCUT2D eigenvalue weighted by Gasteiger charge is -2.12. The molecule has 0 radical (unpaired) electrons. The zero-order valence-electron chi connectivity index (χ0n) is 14.9. The van der Waals surface area contributed by atoms with E-state index in [0.29, 0.717) is 32.6 Å². The molecule has 1 saturated heterocycles. The number of carbonyl (C=O) groups excluding carboxylic acids is 3. The number of carbonyl (C=O) groups is 3. The number of halogens is 2. The van der Waals surface area contributed by atoms with Crippen LogP contribution in [0.4, 0.5) is 4.79 Å². The highest BCUT2D eigenvalue weighted by Crippen LogP contribution is 2.33. The normalized spacial score (nSPS) is 15.6. The number of aryl methyl sites for hydroxylation is 2. The van der Waals surface area contributed by atoms with Crippen molar-refractivity contribution >= 4 is 58.1 Å². The van der Waals surface area contributed by atoms with Crippen LogP contribution in [0.3, 0.4) is 0 Å². The smallest absolute Gasteiger partial charge is 0.293 e. The Hall–Kier alpha value is -2.29. The monoisotopic (exact) mass is 439 g/mol. The molecule has 2 heterocycles. The van der Waals surface area contributed by atoms with Crippen LogP contribution in [0.1, 0.15) is 27.4 Å². The van der Waals surface area contributed by atoms with Crippen LogP contribution >= 0.6 is 35.0 Å². The minimum absolute atomic E-state index is 0.0471. The van der Waals surface area contributed by atoms with Crippen LogP contribution in [-0.4, -0.2) is 40.2 Å². The van der Waals surface area contributed by atoms with Crippen LogP contribution in [0.15, 0.2) is 27.6 Å². The van der Waals surface area contributed by atoms with E-state index >= 15 is 0 Å². The lowest BCUT2D eigenvalue weighted by Crippen LogP contribution is -2.37. The summed E-state index contributed by atoms with van der Waals surface area (Å²) in [7, 11) is 0. The second kappa shape index (κ2) is 8.38. The molecule has 10 heteroatoms. The predicted octanol–water partition coefficient (Wildman–Crippen LogP) is 4.06. The number of aromatic nitrogens is 1. The molecule has 1 aliphatic rings. The van der Waals surface area contributed by atoms with Crippen molar-refractivity contribution in [3.8, 4) is 0 Å². The summed E-state index contributed by atoms with van der Waals surface area (Å²) >= 11 is 12.8. The number of amides is 3. The van der Waals surface area contributed by atoms with Crippen molar-refractivity contribution in [1.29, 1.82) is 0 Å². The van der Waals surface area contributed by atoms with Gasteiger partial charge in [0.05, 0.1) is 10.6 Å². The Balaban J connectivity index is 1.64. The van der Waals surface area contributed by atoms with Gasteiger partial charge in [-0.05, 0) is 49.4 Å². The molecule has 0 aliphatic carbocycles. The highest BCUT2D eigenvalue weighted by Gasteiger charge is 2.34. The first-order chi connectivity index (χ1) is 13.3. The number of imide groups is 1. The van der Waals surface area contributed by atoms with E-state index in [1.807, 2.05) is 0 Å². The van der Waals surface area contributed by atoms with Gasteiger partial charge in [-0.1, -0.05) is 34.4 Å². The van der Waals surface area contributed by atoms with Gasteiger partial charge in [-0.2, -0.15) is 0 Å². The molecule has 1 aliphatic heterocycles. The maximum Gasteiger partial charge on any atom is 0.293 e. The second-order valence-corrected chi connectivity index (χ2v) is 7.79. The molecule has 7 nitrogen and oxygen atoms in total. The summed E-state index contributed by atoms with van der Waals surface area (Å²) in [5.41, 5.74) is 1.42. The lowest BCUT2D eigenvalue weighted by atomic mass is 10.2. The molecule has 0 saturated carbocycles. The van der Waals surface area contributed by atoms with Crippen LogP contribution in [0, 0.1) is 13.8 Å². The van der Waals surface area contributed by atoms with Crippen molar-refractivity contribution in [2.24, 2.45) is 0 Å². The van der Waals surface area contributed by atoms with E-state index in [4.69, 9.17) is 27.7 Å². The van der Waals surface area contributed by atoms with Crippen molar-refractivity contribution in [3.63, 3.8) is 0 Å². The maximum atomic E-state index is 12.5. The molecule has 28 heavy (non-hydrogen) atoms. The number of hydrogen-bond donors (Lipinski definition) is 1. The van der Waals surface area contributed by atoms with Gasteiger partial charge in [0.2, 0.25) is 0 Å². The summed E-state index contributed by atoms with van der Waals surface area (Å²) in [5.74, 6) is -0.400. The Morgan fingerprint density at radius 1 is 1.32 bits per heavy atom. The molecule has 3 rings (SSSR count). The van der Waals surface area contributed by atoms with Gasteiger partial charge in [0, 0.05) is 23.1 Å². The summed E-state index contributed by atoms with van der Waals surface area (Å²) in [5, 5.41) is 6.84. The Bertz CT molecular complexity index is 983. The van der Waals surface area contributed by atoms with E-state index < -0.39 is 11.1 Å². The molecule has 3 amide bonds. The lowest BCUT2D eigenvalue weighted by molar-refractivity contribution is -0.122. The first kappa shape index (κ1) is 20.4. The van der Waals surface area contributed by atoms with Gasteiger partial charge in [0.15, 0.2) is 0 Å². The Morgan fingerprint density at radius 3 is 2.71 bits per heavy atom. The molecule has 1 fully saturated rings. The number of rotatable bonds is 5. The van der Waals surface area contributed by atoms with E-state index in [1.54, 1.807) is 38.1 Å². The fraction of sp³-hybridized carbons (Fsp3) is 0.222. The third-order valence-corrected chi connectivity index (χ3v) is 5.47. The number of thioether (sulfide) groups is 1. The van der Waals surface area contributed by atoms with Crippen molar-refractivity contribution < 1.29 is 18.9 Å². The zero-order valence-corrected chi connectivity index (χ0v) is 17.2. The summed E-state index contributed by atoms with van der Waals surface area (Å²) in [6, 6.07) is 4.87. The minimum Gasteiger partial charge on any atom is -0.361 e. The van der Waals surface area contributed by atoms with Crippen LogP contribution in [-0.2, 0) is 4.79 Å². The fourth-order valence-electron chi connectivity index (χ4n) is 2.63. The van der Waals surface area contributed by atoms with E-state index in [0.717, 1.165) is 16.7 Å². The number of benzene rings is 1. The third kappa shape index (κ3) is 4.24. The number of nitrogens with one attached hydrogen (secondary N) is 1. The van der Waals surface area contributed by atoms with Gasteiger partial charge in [0.25, 0.3) is 17.1 Å². The van der Waals surface area contributed by atoms with Gasteiger partial charge < -0.3 is 9.84 Å². The maximum absolute atomic E-state index is 12.5. The van der Waals surface area contributed by atoms with E-state index in [1.165, 1.54) is 0 Å². The van der Waals surface area contributed by atoms with Crippen LogP contribution in [0.5, 0.6) is 0 Å². The first-order valence-corrected chi connectivity index (χ1v) is 9.76. The van der Waals surface area contributed by atoms with Crippen molar-refractivity contribution in [1.82, 2.24) is 15.4 Å². The van der Waals surface area contributed by atoms with Crippen molar-refractivity contribution in [2.75, 3.05) is 13.1 Å². The average Bonchev–Trinajstić information content (AvgIpc) is 3.10. The molecule has 0 unspecified atom stereocenters. The second-order valence-electron chi connectivity index (χ2n) is 5.95. The summed E-state index contributed by atoms with van der Waals surface area (Å²) in [6.07, 6.45) is 1.55. The summed E-state index contributed by atoms with van der Waals surface area (Å²) in [4.78, 5) is 38.2. The van der Waals surface area contributed by atoms with Gasteiger partial charge in [-0.25, -0.2) is 0 Å². The third-order valence-electron chi connectivity index (χ3n) is 4.00. The molecule has 0 spiro atoms. The summed E-state index contributed by atoms with van der Waals surface area (Å²) < 4.78 is 4.96. The topological polar surface area (TPSA) is 92.5 Å². The molecule has 2 aromatic rings. The SMILES string of the molecule is Cc1noc(C)c1C(=O)NCCN1C(=O)S/C(=C\c2ccc(Cl)cc2Cl)C1=O. The first-order valence-electron chi connectivity index (χ1n) is 8.19. The van der Waals surface area contributed by atoms with Gasteiger partial charge >= 0.3 is 0 Å². The van der Waals surface area contributed by atoms with Crippen molar-refractivity contribution in [3.05, 3.63) is 55.7 Å². The Labute approximate surface area is 175 Å². The summed E-state index contributed by atoms with van der Waals surface area (Å²) in [6.45, 7) is 3.45. The molecule has 146 valence electrons. The van der Waals surface area contributed by atoms with E-state index in [-0.39, 0.29) is 23.9 Å². The largest absolute Gasteiger partial charge is 0.361 e. The quantitative estimate of drug-likeness (QED) is 0.705. The van der Waals surface area contributed by atoms with Crippen LogP contribution in [0.2, 0.25) is 10.0 Å². The molecule has 0 atom stereocenters.